The molecule has 1 aromatic heterocycles. The van der Waals surface area contributed by atoms with E-state index in [1.54, 1.807) is 9.95 Å². The summed E-state index contributed by atoms with van der Waals surface area (Å²) in [7, 11) is 0. The minimum atomic E-state index is -0.239. The van der Waals surface area contributed by atoms with E-state index in [9.17, 15) is 9.59 Å². The fourth-order valence-electron chi connectivity index (χ4n) is 2.86. The van der Waals surface area contributed by atoms with Crippen molar-refractivity contribution in [3.63, 3.8) is 0 Å². The van der Waals surface area contributed by atoms with Gasteiger partial charge in [-0.15, -0.1) is 12.4 Å². The van der Waals surface area contributed by atoms with Crippen LogP contribution in [0.4, 0.5) is 0 Å². The first-order chi connectivity index (χ1) is 12.1. The highest BCUT2D eigenvalue weighted by Crippen LogP contribution is 2.20. The van der Waals surface area contributed by atoms with Gasteiger partial charge in [-0.2, -0.15) is 0 Å². The summed E-state index contributed by atoms with van der Waals surface area (Å²) in [4.78, 5) is 24.0. The average molecular weight is 392 g/mol. The maximum Gasteiger partial charge on any atom is 0.307 e. The molecule has 0 aliphatic heterocycles. The van der Waals surface area contributed by atoms with Crippen LogP contribution in [0.1, 0.15) is 23.7 Å². The Labute approximate surface area is 162 Å². The topological polar surface area (TPSA) is 77.1 Å². The first-order valence-electron chi connectivity index (χ1n) is 8.21. The van der Waals surface area contributed by atoms with E-state index in [2.05, 4.69) is 17.4 Å². The van der Waals surface area contributed by atoms with Crippen LogP contribution in [0, 0.1) is 6.92 Å². The van der Waals surface area contributed by atoms with Crippen LogP contribution in [0.15, 0.2) is 52.6 Å². The Morgan fingerprint density at radius 3 is 2.62 bits per heavy atom. The van der Waals surface area contributed by atoms with Crippen molar-refractivity contribution >= 4 is 40.4 Å². The Balaban J connectivity index is 0.00000243. The normalized spacial score (nSPS) is 11.8. The number of aromatic nitrogens is 1. The second-order valence-electron chi connectivity index (χ2n) is 6.01. The summed E-state index contributed by atoms with van der Waals surface area (Å²) < 4.78 is 1.62. The monoisotopic (exact) mass is 391 g/mol. The number of nitrogens with two attached hydrogens (primary N) is 1. The van der Waals surface area contributed by atoms with Crippen molar-refractivity contribution in [2.24, 2.45) is 5.73 Å². The molecule has 1 heterocycles. The smallest absolute Gasteiger partial charge is 0.307 e. The molecular formula is C19H22ClN3O2S. The lowest BCUT2D eigenvalue weighted by atomic mass is 10.0. The molecule has 5 nitrogen and oxygen atoms in total. The molecule has 0 saturated heterocycles. The first-order valence-corrected chi connectivity index (χ1v) is 9.09. The number of carbonyl (C=O) groups is 1. The van der Waals surface area contributed by atoms with Gasteiger partial charge in [-0.05, 0) is 29.3 Å². The van der Waals surface area contributed by atoms with Crippen molar-refractivity contribution in [3.05, 3.63) is 68.8 Å². The number of rotatable bonds is 6. The Kier molecular flexibility index (Phi) is 6.97. The van der Waals surface area contributed by atoms with E-state index in [0.717, 1.165) is 33.4 Å². The summed E-state index contributed by atoms with van der Waals surface area (Å²) in [6.45, 7) is 2.57. The minimum absolute atomic E-state index is 0. The first kappa shape index (κ1) is 20.2. The van der Waals surface area contributed by atoms with Gasteiger partial charge in [-0.1, -0.05) is 47.7 Å². The third-order valence-corrected chi connectivity index (χ3v) is 5.17. The van der Waals surface area contributed by atoms with Crippen LogP contribution >= 0.6 is 23.7 Å². The fourth-order valence-corrected chi connectivity index (χ4v) is 3.62. The lowest BCUT2D eigenvalue weighted by Gasteiger charge is -2.18. The van der Waals surface area contributed by atoms with E-state index < -0.39 is 0 Å². The number of amides is 1. The number of nitrogens with one attached hydrogen (secondary N) is 1. The van der Waals surface area contributed by atoms with E-state index >= 15 is 0 Å². The third kappa shape index (κ3) is 4.52. The van der Waals surface area contributed by atoms with E-state index in [4.69, 9.17) is 5.73 Å². The van der Waals surface area contributed by atoms with Gasteiger partial charge in [0.1, 0.15) is 0 Å². The zero-order valence-electron chi connectivity index (χ0n) is 14.5. The molecule has 3 rings (SSSR count). The fraction of sp³-hybridized carbons (Fsp3) is 0.263. The molecule has 138 valence electrons. The lowest BCUT2D eigenvalue weighted by Crippen LogP contribution is -2.34. The number of nitrogens with zero attached hydrogens (tertiary/aromatic N) is 1. The van der Waals surface area contributed by atoms with Crippen LogP contribution < -0.4 is 15.9 Å². The Morgan fingerprint density at radius 2 is 1.96 bits per heavy atom. The van der Waals surface area contributed by atoms with Crippen molar-refractivity contribution in [2.75, 3.05) is 6.54 Å². The van der Waals surface area contributed by atoms with Crippen LogP contribution in [0.5, 0.6) is 0 Å². The van der Waals surface area contributed by atoms with Crippen molar-refractivity contribution in [1.82, 2.24) is 9.88 Å². The summed E-state index contributed by atoms with van der Waals surface area (Å²) >= 11 is 1.15. The summed E-state index contributed by atoms with van der Waals surface area (Å²) in [6, 6.07) is 13.9. The SMILES string of the molecule is Cc1csc(=O)n1CCC(=O)NC(CN)c1ccc2ccccc2c1.Cl. The van der Waals surface area contributed by atoms with Crippen molar-refractivity contribution in [2.45, 2.75) is 25.9 Å². The van der Waals surface area contributed by atoms with Gasteiger partial charge in [0.15, 0.2) is 0 Å². The molecule has 0 radical (unpaired) electrons. The molecule has 1 unspecified atom stereocenters. The van der Waals surface area contributed by atoms with E-state index in [1.165, 1.54) is 0 Å². The number of carbonyl (C=O) groups excluding carboxylic acids is 1. The second-order valence-corrected chi connectivity index (χ2v) is 6.83. The van der Waals surface area contributed by atoms with Crippen molar-refractivity contribution in [3.8, 4) is 0 Å². The maximum atomic E-state index is 12.3. The zero-order chi connectivity index (χ0) is 17.8. The largest absolute Gasteiger partial charge is 0.348 e. The molecule has 1 amide bonds. The Bertz CT molecular complexity index is 951. The number of hydrogen-bond acceptors (Lipinski definition) is 4. The molecule has 0 fully saturated rings. The number of fused-ring (bicyclic) bond motifs is 1. The Morgan fingerprint density at radius 1 is 1.23 bits per heavy atom. The molecule has 7 heteroatoms. The number of aryl methyl sites for hydroxylation is 1. The molecule has 2 aromatic carbocycles. The second kappa shape index (κ2) is 8.98. The van der Waals surface area contributed by atoms with E-state index in [-0.39, 0.29) is 35.6 Å². The molecule has 0 aliphatic rings. The summed E-state index contributed by atoms with van der Waals surface area (Å²) in [6.07, 6.45) is 0.252. The molecule has 0 spiro atoms. The van der Waals surface area contributed by atoms with Crippen LogP contribution in [-0.2, 0) is 11.3 Å². The number of halogens is 1. The summed E-state index contributed by atoms with van der Waals surface area (Å²) in [5, 5.41) is 7.05. The van der Waals surface area contributed by atoms with E-state index in [0.29, 0.717) is 13.1 Å². The molecular weight excluding hydrogens is 370 g/mol. The van der Waals surface area contributed by atoms with Gasteiger partial charge in [0.25, 0.3) is 0 Å². The highest BCUT2D eigenvalue weighted by atomic mass is 35.5. The van der Waals surface area contributed by atoms with Gasteiger partial charge in [0.05, 0.1) is 6.04 Å². The summed E-state index contributed by atoms with van der Waals surface area (Å²) in [5.41, 5.74) is 7.73. The van der Waals surface area contributed by atoms with Gasteiger partial charge < -0.3 is 15.6 Å². The molecule has 3 aromatic rings. The molecule has 0 saturated carbocycles. The van der Waals surface area contributed by atoms with Gasteiger partial charge >= 0.3 is 4.87 Å². The van der Waals surface area contributed by atoms with Crippen molar-refractivity contribution < 1.29 is 4.79 Å². The standard InChI is InChI=1S/C19H21N3O2S.ClH/c1-13-12-25-19(24)22(13)9-8-18(23)21-17(11-20)16-7-6-14-4-2-3-5-15(14)10-16;/h2-7,10,12,17H,8-9,11,20H2,1H3,(H,21,23);1H. The highest BCUT2D eigenvalue weighted by molar-refractivity contribution is 7.07. The van der Waals surface area contributed by atoms with E-state index in [1.807, 2.05) is 37.3 Å². The van der Waals surface area contributed by atoms with Crippen LogP contribution in [0.25, 0.3) is 10.8 Å². The molecule has 26 heavy (non-hydrogen) atoms. The number of benzene rings is 2. The molecule has 3 N–H and O–H groups in total. The quantitative estimate of drug-likeness (QED) is 0.678. The highest BCUT2D eigenvalue weighted by Gasteiger charge is 2.14. The lowest BCUT2D eigenvalue weighted by molar-refractivity contribution is -0.122. The van der Waals surface area contributed by atoms with Crippen LogP contribution in [-0.4, -0.2) is 17.0 Å². The average Bonchev–Trinajstić information content (AvgIpc) is 2.95. The Hall–Kier alpha value is -2.15. The van der Waals surface area contributed by atoms with Crippen LogP contribution in [0.2, 0.25) is 0 Å². The van der Waals surface area contributed by atoms with Gasteiger partial charge in [0, 0.05) is 30.6 Å². The number of thiazole rings is 1. The minimum Gasteiger partial charge on any atom is -0.348 e. The van der Waals surface area contributed by atoms with Gasteiger partial charge in [-0.25, -0.2) is 0 Å². The van der Waals surface area contributed by atoms with Crippen LogP contribution in [0.3, 0.4) is 0 Å². The number of hydrogen-bond donors (Lipinski definition) is 2. The molecule has 0 bridgehead atoms. The zero-order valence-corrected chi connectivity index (χ0v) is 16.1. The van der Waals surface area contributed by atoms with Gasteiger partial charge in [0.2, 0.25) is 5.91 Å². The molecule has 1 atom stereocenters. The predicted octanol–water partition coefficient (Wildman–Crippen LogP) is 3.00. The predicted molar refractivity (Wildman–Crippen MR) is 109 cm³/mol. The van der Waals surface area contributed by atoms with Crippen molar-refractivity contribution in [1.29, 1.82) is 0 Å². The summed E-state index contributed by atoms with van der Waals surface area (Å²) in [5.74, 6) is -0.110. The third-order valence-electron chi connectivity index (χ3n) is 4.29. The van der Waals surface area contributed by atoms with Gasteiger partial charge in [-0.3, -0.25) is 9.59 Å². The molecule has 0 aliphatic carbocycles. The maximum absolute atomic E-state index is 12.3.